The molecule has 0 aromatic heterocycles. The van der Waals surface area contributed by atoms with Crippen molar-refractivity contribution in [3.8, 4) is 0 Å². The standard InChI is InChI=1S/C10H18O2.2C2H6/c1-3-9-4-6-10(7-5-9)12-8(2)11;2*1-2/h9-10H,3-7H2,1-2H3;2*1-2H3. The number of carbonyl (C=O) groups excluding carboxylic acids is 1. The lowest BCUT2D eigenvalue weighted by molar-refractivity contribution is -0.148. The molecule has 0 radical (unpaired) electrons. The van der Waals surface area contributed by atoms with Crippen molar-refractivity contribution in [2.45, 2.75) is 79.8 Å². The van der Waals surface area contributed by atoms with Crippen molar-refractivity contribution in [3.05, 3.63) is 0 Å². The van der Waals surface area contributed by atoms with E-state index in [-0.39, 0.29) is 12.1 Å². The zero-order valence-electron chi connectivity index (χ0n) is 12.0. The number of rotatable bonds is 2. The predicted molar refractivity (Wildman–Crippen MR) is 70.5 cm³/mol. The van der Waals surface area contributed by atoms with Gasteiger partial charge in [0.1, 0.15) is 6.10 Å². The lowest BCUT2D eigenvalue weighted by Crippen LogP contribution is -2.23. The maximum absolute atomic E-state index is 10.6. The molecule has 98 valence electrons. The van der Waals surface area contributed by atoms with Crippen LogP contribution < -0.4 is 0 Å². The van der Waals surface area contributed by atoms with Crippen LogP contribution in [0.5, 0.6) is 0 Å². The Bertz CT molecular complexity index is 147. The minimum Gasteiger partial charge on any atom is -0.463 e. The van der Waals surface area contributed by atoms with Gasteiger partial charge in [-0.15, -0.1) is 0 Å². The maximum atomic E-state index is 10.6. The molecule has 0 bridgehead atoms. The zero-order valence-corrected chi connectivity index (χ0v) is 12.0. The van der Waals surface area contributed by atoms with Gasteiger partial charge in [-0.1, -0.05) is 41.0 Å². The summed E-state index contributed by atoms with van der Waals surface area (Å²) >= 11 is 0. The summed E-state index contributed by atoms with van der Waals surface area (Å²) in [6.07, 6.45) is 6.08. The first kappa shape index (κ1) is 17.9. The largest absolute Gasteiger partial charge is 0.463 e. The number of ether oxygens (including phenoxy) is 1. The molecule has 0 aromatic carbocycles. The Morgan fingerprint density at radius 3 is 1.81 bits per heavy atom. The van der Waals surface area contributed by atoms with Gasteiger partial charge in [0.25, 0.3) is 0 Å². The molecule has 0 N–H and O–H groups in total. The van der Waals surface area contributed by atoms with Gasteiger partial charge in [-0.25, -0.2) is 0 Å². The van der Waals surface area contributed by atoms with E-state index in [0.29, 0.717) is 0 Å². The van der Waals surface area contributed by atoms with E-state index < -0.39 is 0 Å². The molecular weight excluding hydrogens is 200 g/mol. The Kier molecular flexibility index (Phi) is 14.0. The third-order valence-electron chi connectivity index (χ3n) is 2.70. The van der Waals surface area contributed by atoms with E-state index >= 15 is 0 Å². The normalized spacial score (nSPS) is 23.1. The fraction of sp³-hybridized carbons (Fsp3) is 0.929. The topological polar surface area (TPSA) is 26.3 Å². The van der Waals surface area contributed by atoms with Crippen molar-refractivity contribution in [3.63, 3.8) is 0 Å². The van der Waals surface area contributed by atoms with Gasteiger partial charge < -0.3 is 4.74 Å². The third kappa shape index (κ3) is 8.75. The van der Waals surface area contributed by atoms with E-state index in [9.17, 15) is 4.79 Å². The number of hydrogen-bond acceptors (Lipinski definition) is 2. The number of esters is 1. The second-order valence-corrected chi connectivity index (χ2v) is 3.66. The highest BCUT2D eigenvalue weighted by Gasteiger charge is 2.21. The Hall–Kier alpha value is -0.530. The van der Waals surface area contributed by atoms with Gasteiger partial charge in [0.15, 0.2) is 0 Å². The van der Waals surface area contributed by atoms with Crippen LogP contribution in [0.2, 0.25) is 0 Å². The molecule has 0 spiro atoms. The first-order chi connectivity index (χ1) is 7.72. The molecular formula is C14H30O2. The molecule has 1 aliphatic carbocycles. The number of hydrogen-bond donors (Lipinski definition) is 0. The molecule has 1 fully saturated rings. The van der Waals surface area contributed by atoms with Gasteiger partial charge in [-0.05, 0) is 31.6 Å². The van der Waals surface area contributed by atoms with E-state index in [1.54, 1.807) is 0 Å². The zero-order chi connectivity index (χ0) is 13.0. The Morgan fingerprint density at radius 2 is 1.50 bits per heavy atom. The summed E-state index contributed by atoms with van der Waals surface area (Å²) in [4.78, 5) is 10.6. The first-order valence-electron chi connectivity index (χ1n) is 6.89. The monoisotopic (exact) mass is 230 g/mol. The highest BCUT2D eigenvalue weighted by atomic mass is 16.5. The highest BCUT2D eigenvalue weighted by Crippen LogP contribution is 2.28. The quantitative estimate of drug-likeness (QED) is 0.649. The molecule has 1 saturated carbocycles. The summed E-state index contributed by atoms with van der Waals surface area (Å²) in [5, 5.41) is 0. The average Bonchev–Trinajstić information content (AvgIpc) is 2.34. The van der Waals surface area contributed by atoms with Crippen molar-refractivity contribution < 1.29 is 9.53 Å². The predicted octanol–water partition coefficient (Wildman–Crippen LogP) is 4.57. The summed E-state index contributed by atoms with van der Waals surface area (Å²) in [7, 11) is 0. The van der Waals surface area contributed by atoms with Crippen LogP contribution in [0.15, 0.2) is 0 Å². The van der Waals surface area contributed by atoms with Crippen molar-refractivity contribution in [2.75, 3.05) is 0 Å². The fourth-order valence-electron chi connectivity index (χ4n) is 1.89. The van der Waals surface area contributed by atoms with Crippen LogP contribution in [0.25, 0.3) is 0 Å². The fourth-order valence-corrected chi connectivity index (χ4v) is 1.89. The summed E-state index contributed by atoms with van der Waals surface area (Å²) in [5.74, 6) is 0.742. The van der Waals surface area contributed by atoms with Crippen LogP contribution in [0, 0.1) is 5.92 Å². The Labute approximate surface area is 102 Å². The molecule has 2 heteroatoms. The van der Waals surface area contributed by atoms with Crippen LogP contribution in [-0.4, -0.2) is 12.1 Å². The van der Waals surface area contributed by atoms with Crippen LogP contribution in [0.4, 0.5) is 0 Å². The minimum absolute atomic E-state index is 0.130. The number of carbonyl (C=O) groups is 1. The molecule has 0 amide bonds. The third-order valence-corrected chi connectivity index (χ3v) is 2.70. The summed E-state index contributed by atoms with van der Waals surface area (Å²) in [6, 6.07) is 0. The summed E-state index contributed by atoms with van der Waals surface area (Å²) in [5.41, 5.74) is 0. The molecule has 0 aromatic rings. The molecule has 0 atom stereocenters. The molecule has 0 aliphatic heterocycles. The van der Waals surface area contributed by atoms with Gasteiger partial charge in [0, 0.05) is 6.92 Å². The lowest BCUT2D eigenvalue weighted by atomic mass is 9.86. The van der Waals surface area contributed by atoms with E-state index in [4.69, 9.17) is 4.74 Å². The van der Waals surface area contributed by atoms with E-state index in [2.05, 4.69) is 6.92 Å². The average molecular weight is 230 g/mol. The lowest BCUT2D eigenvalue weighted by Gasteiger charge is -2.27. The maximum Gasteiger partial charge on any atom is 0.302 e. The van der Waals surface area contributed by atoms with Gasteiger partial charge in [-0.2, -0.15) is 0 Å². The Morgan fingerprint density at radius 1 is 1.06 bits per heavy atom. The van der Waals surface area contributed by atoms with Crippen LogP contribution in [0.3, 0.4) is 0 Å². The molecule has 1 rings (SSSR count). The second kappa shape index (κ2) is 12.5. The van der Waals surface area contributed by atoms with E-state index in [1.807, 2.05) is 27.7 Å². The first-order valence-corrected chi connectivity index (χ1v) is 6.89. The summed E-state index contributed by atoms with van der Waals surface area (Å²) < 4.78 is 5.15. The molecule has 1 aliphatic rings. The van der Waals surface area contributed by atoms with E-state index in [0.717, 1.165) is 18.8 Å². The van der Waals surface area contributed by atoms with Gasteiger partial charge >= 0.3 is 5.97 Å². The molecule has 16 heavy (non-hydrogen) atoms. The van der Waals surface area contributed by atoms with Gasteiger partial charge in [-0.3, -0.25) is 4.79 Å². The van der Waals surface area contributed by atoms with Crippen molar-refractivity contribution in [1.82, 2.24) is 0 Å². The molecule has 0 heterocycles. The van der Waals surface area contributed by atoms with Crippen LogP contribution >= 0.6 is 0 Å². The smallest absolute Gasteiger partial charge is 0.302 e. The Balaban J connectivity index is 0. The molecule has 0 saturated heterocycles. The molecule has 0 unspecified atom stereocenters. The summed E-state index contributed by atoms with van der Waals surface area (Å²) in [6.45, 7) is 11.7. The minimum atomic E-state index is -0.130. The van der Waals surface area contributed by atoms with Gasteiger partial charge in [0.2, 0.25) is 0 Å². The van der Waals surface area contributed by atoms with Crippen molar-refractivity contribution >= 4 is 5.97 Å². The van der Waals surface area contributed by atoms with E-state index in [1.165, 1.54) is 26.2 Å². The van der Waals surface area contributed by atoms with Crippen molar-refractivity contribution in [2.24, 2.45) is 5.92 Å². The van der Waals surface area contributed by atoms with Crippen LogP contribution in [0.1, 0.15) is 73.6 Å². The van der Waals surface area contributed by atoms with Crippen LogP contribution in [-0.2, 0) is 9.53 Å². The SMILES string of the molecule is CC.CC.CCC1CCC(OC(C)=O)CC1. The highest BCUT2D eigenvalue weighted by molar-refractivity contribution is 5.66. The molecule has 2 nitrogen and oxygen atoms in total. The second-order valence-electron chi connectivity index (χ2n) is 3.66. The van der Waals surface area contributed by atoms with Crippen molar-refractivity contribution in [1.29, 1.82) is 0 Å². The van der Waals surface area contributed by atoms with Gasteiger partial charge in [0.05, 0.1) is 0 Å².